The molecule has 0 atom stereocenters. The highest BCUT2D eigenvalue weighted by atomic mass is 16.5. The number of anilines is 2. The Morgan fingerprint density at radius 2 is 1.70 bits per heavy atom. The first-order valence-corrected chi connectivity index (χ1v) is 7.10. The van der Waals surface area contributed by atoms with Crippen molar-refractivity contribution in [2.24, 2.45) is 0 Å². The van der Waals surface area contributed by atoms with E-state index in [-0.39, 0.29) is 0 Å². The normalized spacial score (nSPS) is 10.3. The average molecular weight is 308 g/mol. The highest BCUT2D eigenvalue weighted by Gasteiger charge is 2.14. The highest BCUT2D eigenvalue weighted by molar-refractivity contribution is 6.07. The summed E-state index contributed by atoms with van der Waals surface area (Å²) < 4.78 is 10.2. The van der Waals surface area contributed by atoms with Crippen LogP contribution < -0.4 is 10.1 Å². The summed E-state index contributed by atoms with van der Waals surface area (Å²) in [6.07, 6.45) is 1.52. The lowest BCUT2D eigenvalue weighted by Crippen LogP contribution is -2.05. The monoisotopic (exact) mass is 308 g/mol. The number of esters is 1. The van der Waals surface area contributed by atoms with Gasteiger partial charge in [-0.05, 0) is 12.1 Å². The summed E-state index contributed by atoms with van der Waals surface area (Å²) in [5, 5.41) is 4.88. The van der Waals surface area contributed by atoms with Crippen molar-refractivity contribution in [3.63, 3.8) is 0 Å². The zero-order chi connectivity index (χ0) is 16.2. The molecule has 0 radical (unpaired) electrons. The molecule has 0 aliphatic heterocycles. The van der Waals surface area contributed by atoms with Crippen molar-refractivity contribution in [3.8, 4) is 5.75 Å². The molecule has 1 N–H and O–H groups in total. The summed E-state index contributed by atoms with van der Waals surface area (Å²) in [4.78, 5) is 16.3. The van der Waals surface area contributed by atoms with Gasteiger partial charge in [0.05, 0.1) is 25.5 Å². The number of benzene rings is 2. The minimum atomic E-state index is -0.405. The van der Waals surface area contributed by atoms with E-state index in [1.807, 2.05) is 48.5 Å². The Balaban J connectivity index is 2.11. The van der Waals surface area contributed by atoms with Crippen LogP contribution in [0.4, 0.5) is 11.5 Å². The number of hydrogen-bond acceptors (Lipinski definition) is 5. The van der Waals surface area contributed by atoms with Crippen LogP contribution in [0.1, 0.15) is 10.4 Å². The van der Waals surface area contributed by atoms with E-state index in [0.717, 1.165) is 22.2 Å². The predicted octanol–water partition coefficient (Wildman–Crippen LogP) is 3.77. The van der Waals surface area contributed by atoms with Crippen LogP contribution in [-0.4, -0.2) is 25.2 Å². The van der Waals surface area contributed by atoms with Gasteiger partial charge in [-0.3, -0.25) is 0 Å². The molecule has 0 amide bonds. The molecule has 0 saturated carbocycles. The maximum Gasteiger partial charge on any atom is 0.340 e. The van der Waals surface area contributed by atoms with Crippen molar-refractivity contribution >= 4 is 28.2 Å². The van der Waals surface area contributed by atoms with Crippen molar-refractivity contribution < 1.29 is 14.3 Å². The number of aromatic nitrogens is 1. The molecule has 3 aromatic rings. The first-order chi connectivity index (χ1) is 11.2. The molecule has 23 heavy (non-hydrogen) atoms. The van der Waals surface area contributed by atoms with Crippen LogP contribution in [0.25, 0.3) is 10.8 Å². The number of pyridine rings is 1. The van der Waals surface area contributed by atoms with Gasteiger partial charge < -0.3 is 14.8 Å². The molecule has 2 aromatic carbocycles. The smallest absolute Gasteiger partial charge is 0.340 e. The number of nitrogens with one attached hydrogen (secondary N) is 1. The van der Waals surface area contributed by atoms with Gasteiger partial charge >= 0.3 is 5.97 Å². The third-order valence-corrected chi connectivity index (χ3v) is 3.56. The quantitative estimate of drug-likeness (QED) is 0.743. The molecular weight excluding hydrogens is 292 g/mol. The average Bonchev–Trinajstić information content (AvgIpc) is 2.62. The van der Waals surface area contributed by atoms with Crippen molar-refractivity contribution in [2.45, 2.75) is 0 Å². The van der Waals surface area contributed by atoms with E-state index in [1.54, 1.807) is 7.11 Å². The largest absolute Gasteiger partial charge is 0.495 e. The molecule has 5 heteroatoms. The summed E-state index contributed by atoms with van der Waals surface area (Å²) in [7, 11) is 2.98. The van der Waals surface area contributed by atoms with Gasteiger partial charge in [0.25, 0.3) is 0 Å². The number of hydrogen-bond donors (Lipinski definition) is 1. The van der Waals surface area contributed by atoms with Crippen molar-refractivity contribution in [2.75, 3.05) is 19.5 Å². The van der Waals surface area contributed by atoms with Crippen LogP contribution >= 0.6 is 0 Å². The minimum absolute atomic E-state index is 0.405. The summed E-state index contributed by atoms with van der Waals surface area (Å²) >= 11 is 0. The first kappa shape index (κ1) is 14.8. The maximum absolute atomic E-state index is 11.9. The molecule has 1 aromatic heterocycles. The summed E-state index contributed by atoms with van der Waals surface area (Å²) in [5.74, 6) is 0.964. The second-order valence-corrected chi connectivity index (χ2v) is 4.88. The Labute approximate surface area is 133 Å². The number of ether oxygens (including phenoxy) is 2. The van der Waals surface area contributed by atoms with Gasteiger partial charge in [0.1, 0.15) is 11.6 Å². The third kappa shape index (κ3) is 2.81. The minimum Gasteiger partial charge on any atom is -0.495 e. The van der Waals surface area contributed by atoms with Crippen molar-refractivity contribution in [3.05, 3.63) is 60.3 Å². The van der Waals surface area contributed by atoms with Crippen LogP contribution in [0.3, 0.4) is 0 Å². The number of nitrogens with zero attached hydrogens (tertiary/aromatic N) is 1. The Bertz CT molecular complexity index is 862. The van der Waals surface area contributed by atoms with E-state index in [1.165, 1.54) is 13.3 Å². The van der Waals surface area contributed by atoms with Gasteiger partial charge in [-0.1, -0.05) is 36.4 Å². The summed E-state index contributed by atoms with van der Waals surface area (Å²) in [6.45, 7) is 0. The van der Waals surface area contributed by atoms with E-state index in [4.69, 9.17) is 9.47 Å². The Kier molecular flexibility index (Phi) is 4.10. The highest BCUT2D eigenvalue weighted by Crippen LogP contribution is 2.31. The first-order valence-electron chi connectivity index (χ1n) is 7.10. The fraction of sp³-hybridized carbons (Fsp3) is 0.111. The van der Waals surface area contributed by atoms with Gasteiger partial charge in [0.15, 0.2) is 0 Å². The van der Waals surface area contributed by atoms with Crippen LogP contribution in [0, 0.1) is 0 Å². The molecule has 3 rings (SSSR count). The number of fused-ring (bicyclic) bond motifs is 1. The predicted molar refractivity (Wildman–Crippen MR) is 89.4 cm³/mol. The molecule has 0 spiro atoms. The Hall–Kier alpha value is -3.08. The van der Waals surface area contributed by atoms with Gasteiger partial charge in [-0.2, -0.15) is 0 Å². The molecule has 116 valence electrons. The van der Waals surface area contributed by atoms with Gasteiger partial charge in [0, 0.05) is 17.0 Å². The lowest BCUT2D eigenvalue weighted by atomic mass is 10.1. The second kappa shape index (κ2) is 6.36. The molecule has 0 bridgehead atoms. The maximum atomic E-state index is 11.9. The van der Waals surface area contributed by atoms with Crippen LogP contribution in [-0.2, 0) is 4.74 Å². The van der Waals surface area contributed by atoms with Gasteiger partial charge in [0.2, 0.25) is 0 Å². The third-order valence-electron chi connectivity index (χ3n) is 3.56. The van der Waals surface area contributed by atoms with Crippen LogP contribution in [0.15, 0.2) is 54.7 Å². The summed E-state index contributed by atoms with van der Waals surface area (Å²) in [6, 6.07) is 15.1. The molecule has 0 aliphatic rings. The fourth-order valence-electron chi connectivity index (χ4n) is 2.44. The molecule has 0 fully saturated rings. The van der Waals surface area contributed by atoms with E-state index in [0.29, 0.717) is 11.4 Å². The van der Waals surface area contributed by atoms with E-state index in [2.05, 4.69) is 10.3 Å². The molecule has 1 heterocycles. The number of para-hydroxylation sites is 2. The molecule has 5 nitrogen and oxygen atoms in total. The van der Waals surface area contributed by atoms with E-state index >= 15 is 0 Å². The van der Waals surface area contributed by atoms with Gasteiger partial charge in [-0.15, -0.1) is 0 Å². The summed E-state index contributed by atoms with van der Waals surface area (Å²) in [5.41, 5.74) is 1.24. The van der Waals surface area contributed by atoms with Crippen molar-refractivity contribution in [1.29, 1.82) is 0 Å². The Morgan fingerprint density at radius 3 is 2.43 bits per heavy atom. The zero-order valence-corrected chi connectivity index (χ0v) is 12.9. The number of methoxy groups -OCH3 is 2. The second-order valence-electron chi connectivity index (χ2n) is 4.88. The molecule has 0 unspecified atom stereocenters. The van der Waals surface area contributed by atoms with Crippen LogP contribution in [0.2, 0.25) is 0 Å². The lowest BCUT2D eigenvalue weighted by Gasteiger charge is -2.13. The number of rotatable bonds is 4. The van der Waals surface area contributed by atoms with Crippen molar-refractivity contribution in [1.82, 2.24) is 4.98 Å². The van der Waals surface area contributed by atoms with Gasteiger partial charge in [-0.25, -0.2) is 9.78 Å². The fourth-order valence-corrected chi connectivity index (χ4v) is 2.44. The lowest BCUT2D eigenvalue weighted by molar-refractivity contribution is 0.0602. The zero-order valence-electron chi connectivity index (χ0n) is 12.9. The Morgan fingerprint density at radius 1 is 1.00 bits per heavy atom. The van der Waals surface area contributed by atoms with Crippen LogP contribution in [0.5, 0.6) is 5.75 Å². The van der Waals surface area contributed by atoms with E-state index in [9.17, 15) is 4.79 Å². The molecule has 0 aliphatic carbocycles. The number of carbonyl (C=O) groups is 1. The standard InChI is InChI=1S/C18H16N2O3/c1-22-16-10-6-5-9-15(16)20-17-13-8-4-3-7-12(13)14(11-19-17)18(21)23-2/h3-11H,1-2H3,(H,19,20). The number of carbonyl (C=O) groups excluding carboxylic acids is 1. The van der Waals surface area contributed by atoms with E-state index < -0.39 is 5.97 Å². The molecule has 0 saturated heterocycles. The SMILES string of the molecule is COC(=O)c1cnc(Nc2ccccc2OC)c2ccccc12. The topological polar surface area (TPSA) is 60.5 Å². The molecular formula is C18H16N2O3.